The molecule has 0 amide bonds. The van der Waals surface area contributed by atoms with Crippen LogP contribution in [0.4, 0.5) is 8.78 Å². The van der Waals surface area contributed by atoms with E-state index in [1.807, 2.05) is 0 Å². The van der Waals surface area contributed by atoms with Crippen LogP contribution < -0.4 is 0 Å². The Morgan fingerprint density at radius 3 is 2.77 bits per heavy atom. The Morgan fingerprint density at radius 2 is 2.23 bits per heavy atom. The minimum Gasteiger partial charge on any atom is -0.392 e. The van der Waals surface area contributed by atoms with Gasteiger partial charge in [-0.15, -0.1) is 6.58 Å². The summed E-state index contributed by atoms with van der Waals surface area (Å²) in [5.41, 5.74) is 0. The number of nitrogens with zero attached hydrogens (tertiary/aromatic N) is 1. The quantitative estimate of drug-likeness (QED) is 0.676. The van der Waals surface area contributed by atoms with Crippen molar-refractivity contribution < 1.29 is 13.9 Å². The molecule has 1 rings (SSSR count). The minimum absolute atomic E-state index is 0.214. The van der Waals surface area contributed by atoms with E-state index < -0.39 is 18.4 Å². The van der Waals surface area contributed by atoms with Crippen LogP contribution in [0, 0.1) is 5.92 Å². The fourth-order valence-electron chi connectivity index (χ4n) is 1.72. The lowest BCUT2D eigenvalue weighted by Crippen LogP contribution is -2.45. The van der Waals surface area contributed by atoms with Crippen molar-refractivity contribution in [3.05, 3.63) is 12.7 Å². The predicted octanol–water partition coefficient (Wildman–Crippen LogP) is 1.12. The zero-order chi connectivity index (χ0) is 9.84. The molecule has 2 nitrogen and oxygen atoms in total. The lowest BCUT2D eigenvalue weighted by atomic mass is 9.96. The third kappa shape index (κ3) is 3.04. The molecule has 1 saturated heterocycles. The Kier molecular flexibility index (Phi) is 3.81. The Bertz CT molecular complexity index is 175. The molecule has 2 atom stereocenters. The first kappa shape index (κ1) is 10.6. The van der Waals surface area contributed by atoms with Crippen LogP contribution in [-0.4, -0.2) is 42.2 Å². The second-order valence-corrected chi connectivity index (χ2v) is 3.49. The number of aliphatic hydroxyl groups is 1. The van der Waals surface area contributed by atoms with Crippen molar-refractivity contribution in [1.82, 2.24) is 4.90 Å². The molecule has 1 fully saturated rings. The molecule has 1 unspecified atom stereocenters. The number of piperidine rings is 1. The molecule has 1 aliphatic rings. The maximum absolute atomic E-state index is 12.3. The van der Waals surface area contributed by atoms with Gasteiger partial charge in [0.15, 0.2) is 0 Å². The second-order valence-electron chi connectivity index (χ2n) is 3.49. The predicted molar refractivity (Wildman–Crippen MR) is 46.8 cm³/mol. The summed E-state index contributed by atoms with van der Waals surface area (Å²) in [5.74, 6) is -0.691. The van der Waals surface area contributed by atoms with Gasteiger partial charge in [0.1, 0.15) is 0 Å². The Labute approximate surface area is 76.8 Å². The zero-order valence-electron chi connectivity index (χ0n) is 7.50. The summed E-state index contributed by atoms with van der Waals surface area (Å²) in [6.07, 6.45) is -1.07. The van der Waals surface area contributed by atoms with E-state index >= 15 is 0 Å². The maximum atomic E-state index is 12.3. The van der Waals surface area contributed by atoms with Gasteiger partial charge in [0, 0.05) is 25.6 Å². The van der Waals surface area contributed by atoms with Gasteiger partial charge in [-0.25, -0.2) is 8.78 Å². The van der Waals surface area contributed by atoms with Crippen LogP contribution in [0.2, 0.25) is 0 Å². The van der Waals surface area contributed by atoms with E-state index in [0.717, 1.165) is 0 Å². The zero-order valence-corrected chi connectivity index (χ0v) is 7.50. The largest absolute Gasteiger partial charge is 0.392 e. The molecule has 0 radical (unpaired) electrons. The average molecular weight is 191 g/mol. The van der Waals surface area contributed by atoms with Crippen molar-refractivity contribution in [2.45, 2.75) is 19.0 Å². The monoisotopic (exact) mass is 191 g/mol. The van der Waals surface area contributed by atoms with Crippen LogP contribution in [0.3, 0.4) is 0 Å². The number of halogens is 2. The number of hydrogen-bond acceptors (Lipinski definition) is 2. The molecule has 0 aromatic carbocycles. The molecule has 1 heterocycles. The number of rotatable bonds is 3. The Balaban J connectivity index is 2.47. The first-order valence-electron chi connectivity index (χ1n) is 4.43. The van der Waals surface area contributed by atoms with E-state index in [2.05, 4.69) is 6.58 Å². The van der Waals surface area contributed by atoms with Gasteiger partial charge in [-0.3, -0.25) is 4.90 Å². The molecule has 1 N–H and O–H groups in total. The highest BCUT2D eigenvalue weighted by Crippen LogP contribution is 2.22. The number of hydrogen-bond donors (Lipinski definition) is 1. The summed E-state index contributed by atoms with van der Waals surface area (Å²) in [4.78, 5) is 1.80. The summed E-state index contributed by atoms with van der Waals surface area (Å²) < 4.78 is 24.7. The molecule has 0 spiro atoms. The normalized spacial score (nSPS) is 30.8. The highest BCUT2D eigenvalue weighted by Gasteiger charge is 2.30. The van der Waals surface area contributed by atoms with Gasteiger partial charge in [-0.2, -0.15) is 0 Å². The maximum Gasteiger partial charge on any atom is 0.242 e. The lowest BCUT2D eigenvalue weighted by Gasteiger charge is -2.34. The van der Waals surface area contributed by atoms with Gasteiger partial charge in [0.2, 0.25) is 6.43 Å². The molecule has 0 aliphatic carbocycles. The summed E-state index contributed by atoms with van der Waals surface area (Å²) in [6, 6.07) is 0. The highest BCUT2D eigenvalue weighted by atomic mass is 19.3. The Morgan fingerprint density at radius 1 is 1.54 bits per heavy atom. The van der Waals surface area contributed by atoms with Gasteiger partial charge in [0.25, 0.3) is 0 Å². The smallest absolute Gasteiger partial charge is 0.242 e. The fraction of sp³-hybridized carbons (Fsp3) is 0.778. The third-order valence-electron chi connectivity index (χ3n) is 2.28. The van der Waals surface area contributed by atoms with E-state index in [-0.39, 0.29) is 6.42 Å². The second kappa shape index (κ2) is 4.67. The number of likely N-dealkylation sites (tertiary alicyclic amines) is 1. The van der Waals surface area contributed by atoms with E-state index in [1.165, 1.54) is 0 Å². The first-order valence-corrected chi connectivity index (χ1v) is 4.43. The molecule has 0 bridgehead atoms. The van der Waals surface area contributed by atoms with Crippen molar-refractivity contribution in [3.8, 4) is 0 Å². The summed E-state index contributed by atoms with van der Waals surface area (Å²) in [7, 11) is 0. The number of alkyl halides is 2. The van der Waals surface area contributed by atoms with Gasteiger partial charge in [-0.1, -0.05) is 6.08 Å². The van der Waals surface area contributed by atoms with Crippen LogP contribution in [0.1, 0.15) is 6.42 Å². The lowest BCUT2D eigenvalue weighted by molar-refractivity contribution is -0.0220. The van der Waals surface area contributed by atoms with Crippen LogP contribution in [-0.2, 0) is 0 Å². The van der Waals surface area contributed by atoms with E-state index in [1.54, 1.807) is 11.0 Å². The van der Waals surface area contributed by atoms with Crippen LogP contribution in [0.25, 0.3) is 0 Å². The molecule has 0 aromatic rings. The molecular weight excluding hydrogens is 176 g/mol. The first-order chi connectivity index (χ1) is 6.13. The van der Waals surface area contributed by atoms with Gasteiger partial charge < -0.3 is 5.11 Å². The van der Waals surface area contributed by atoms with Gasteiger partial charge in [0.05, 0.1) is 6.10 Å². The van der Waals surface area contributed by atoms with Crippen molar-refractivity contribution in [1.29, 1.82) is 0 Å². The molecule has 13 heavy (non-hydrogen) atoms. The molecule has 4 heteroatoms. The molecule has 0 saturated carbocycles. The van der Waals surface area contributed by atoms with Gasteiger partial charge in [-0.05, 0) is 6.42 Å². The fourth-order valence-corrected chi connectivity index (χ4v) is 1.72. The van der Waals surface area contributed by atoms with E-state index in [0.29, 0.717) is 19.6 Å². The SMILES string of the molecule is C=CCN1CC(C(F)F)C[C@H](O)C1. The highest BCUT2D eigenvalue weighted by molar-refractivity contribution is 4.83. The van der Waals surface area contributed by atoms with Crippen LogP contribution in [0.5, 0.6) is 0 Å². The van der Waals surface area contributed by atoms with Crippen molar-refractivity contribution >= 4 is 0 Å². The topological polar surface area (TPSA) is 23.5 Å². The number of aliphatic hydroxyl groups excluding tert-OH is 1. The molecule has 1 aliphatic heterocycles. The third-order valence-corrected chi connectivity index (χ3v) is 2.28. The molecule has 76 valence electrons. The van der Waals surface area contributed by atoms with E-state index in [9.17, 15) is 13.9 Å². The number of β-amino-alcohol motifs (C(OH)–C–C–N with tert-alkyl or cyclic N) is 1. The average Bonchev–Trinajstić information content (AvgIpc) is 2.03. The Hall–Kier alpha value is -0.480. The van der Waals surface area contributed by atoms with Crippen LogP contribution in [0.15, 0.2) is 12.7 Å². The summed E-state index contributed by atoms with van der Waals surface area (Å²) >= 11 is 0. The molecular formula is C9H15F2NO. The van der Waals surface area contributed by atoms with Gasteiger partial charge >= 0.3 is 0 Å². The minimum atomic E-state index is -2.33. The van der Waals surface area contributed by atoms with Crippen molar-refractivity contribution in [2.24, 2.45) is 5.92 Å². The summed E-state index contributed by atoms with van der Waals surface area (Å²) in [5, 5.41) is 9.32. The van der Waals surface area contributed by atoms with Crippen molar-refractivity contribution in [3.63, 3.8) is 0 Å². The van der Waals surface area contributed by atoms with Crippen LogP contribution >= 0.6 is 0 Å². The summed E-state index contributed by atoms with van der Waals surface area (Å²) in [6.45, 7) is 4.95. The van der Waals surface area contributed by atoms with E-state index in [4.69, 9.17) is 0 Å². The molecule has 0 aromatic heterocycles. The standard InChI is InChI=1S/C9H15F2NO/c1-2-3-12-5-7(9(10)11)4-8(13)6-12/h2,7-9,13H,1,3-6H2/t7?,8-/m0/s1. The van der Waals surface area contributed by atoms with Crippen molar-refractivity contribution in [2.75, 3.05) is 19.6 Å².